The molecule has 0 radical (unpaired) electrons. The first-order valence-corrected chi connectivity index (χ1v) is 6.21. The molecular weight excluding hydrogens is 262 g/mol. The van der Waals surface area contributed by atoms with Crippen LogP contribution in [-0.4, -0.2) is 50.1 Å². The van der Waals surface area contributed by atoms with Crippen molar-refractivity contribution < 1.29 is 9.53 Å². The minimum atomic E-state index is -0.567. The molecule has 0 aliphatic heterocycles. The van der Waals surface area contributed by atoms with Crippen molar-refractivity contribution in [1.29, 1.82) is 0 Å². The van der Waals surface area contributed by atoms with Crippen LogP contribution in [0.2, 0.25) is 0 Å². The Labute approximate surface area is 115 Å². The number of hydrogen-bond donors (Lipinski definition) is 1. The molecule has 9 heteroatoms. The van der Waals surface area contributed by atoms with E-state index >= 15 is 0 Å². The van der Waals surface area contributed by atoms with Gasteiger partial charge in [0.15, 0.2) is 11.2 Å². The summed E-state index contributed by atoms with van der Waals surface area (Å²) >= 11 is 0. The van der Waals surface area contributed by atoms with Crippen molar-refractivity contribution in [2.24, 2.45) is 0 Å². The summed E-state index contributed by atoms with van der Waals surface area (Å²) in [6.45, 7) is 4.01. The fraction of sp³-hybridized carbons (Fsp3) is 0.545. The number of hydrogen-bond acceptors (Lipinski definition) is 7. The van der Waals surface area contributed by atoms with Crippen molar-refractivity contribution >= 4 is 23.2 Å². The smallest absolute Gasteiger partial charge is 0.388 e. The van der Waals surface area contributed by atoms with Gasteiger partial charge in [0, 0.05) is 14.1 Å². The highest BCUT2D eigenvalue weighted by Crippen LogP contribution is 2.24. The van der Waals surface area contributed by atoms with Gasteiger partial charge in [-0.05, 0) is 13.3 Å². The number of carbonyl (C=O) groups is 1. The monoisotopic (exact) mass is 279 g/mol. The van der Waals surface area contributed by atoms with Crippen LogP contribution in [-0.2, 0) is 0 Å². The van der Waals surface area contributed by atoms with Gasteiger partial charge in [-0.3, -0.25) is 0 Å². The molecule has 0 aliphatic carbocycles. The van der Waals surface area contributed by atoms with Crippen LogP contribution in [0.3, 0.4) is 0 Å². The first-order chi connectivity index (χ1) is 9.43. The Morgan fingerprint density at radius 1 is 1.45 bits per heavy atom. The molecule has 2 aromatic rings. The van der Waals surface area contributed by atoms with Gasteiger partial charge in [-0.25, -0.2) is 9.48 Å². The molecule has 0 saturated heterocycles. The Morgan fingerprint density at radius 2 is 2.15 bits per heavy atom. The zero-order valence-electron chi connectivity index (χ0n) is 11.9. The second kappa shape index (κ2) is 5.27. The zero-order valence-corrected chi connectivity index (χ0v) is 11.9. The molecule has 0 saturated carbocycles. The lowest BCUT2D eigenvalue weighted by Gasteiger charge is -2.11. The summed E-state index contributed by atoms with van der Waals surface area (Å²) in [6.07, 6.45) is 0.289. The Bertz CT molecular complexity index is 637. The average molecular weight is 279 g/mol. The topological polar surface area (TPSA) is 112 Å². The number of fused-ring (bicyclic) bond motifs is 1. The van der Waals surface area contributed by atoms with Crippen LogP contribution >= 0.6 is 0 Å². The summed E-state index contributed by atoms with van der Waals surface area (Å²) in [5.41, 5.74) is 6.42. The molecule has 0 aliphatic rings. The second-order valence-corrected chi connectivity index (χ2v) is 4.61. The molecule has 9 nitrogen and oxygen atoms in total. The van der Waals surface area contributed by atoms with Crippen molar-refractivity contribution in [3.8, 4) is 5.88 Å². The standard InChI is InChI=1S/C11H17N7O2/c1-5-6(2)18-8-7(15-16-18)9(14-10(12)13-8)20-11(19)17(3)4/h6H,5H2,1-4H3,(H2,12,13,14). The van der Waals surface area contributed by atoms with Gasteiger partial charge < -0.3 is 15.4 Å². The lowest BCUT2D eigenvalue weighted by Crippen LogP contribution is -2.26. The molecule has 20 heavy (non-hydrogen) atoms. The van der Waals surface area contributed by atoms with E-state index in [0.29, 0.717) is 11.2 Å². The summed E-state index contributed by atoms with van der Waals surface area (Å²) in [7, 11) is 3.14. The van der Waals surface area contributed by atoms with Gasteiger partial charge in [0.2, 0.25) is 5.95 Å². The number of aromatic nitrogens is 5. The molecule has 1 amide bonds. The van der Waals surface area contributed by atoms with E-state index in [1.165, 1.54) is 4.90 Å². The van der Waals surface area contributed by atoms with Gasteiger partial charge >= 0.3 is 6.09 Å². The van der Waals surface area contributed by atoms with Crippen LogP contribution in [0.15, 0.2) is 0 Å². The van der Waals surface area contributed by atoms with Crippen molar-refractivity contribution in [2.75, 3.05) is 19.8 Å². The summed E-state index contributed by atoms with van der Waals surface area (Å²) in [4.78, 5) is 20.9. The van der Waals surface area contributed by atoms with E-state index in [2.05, 4.69) is 20.3 Å². The number of nitrogens with two attached hydrogens (primary N) is 1. The van der Waals surface area contributed by atoms with Crippen LogP contribution in [0, 0.1) is 0 Å². The first-order valence-electron chi connectivity index (χ1n) is 6.21. The Balaban J connectivity index is 2.51. The highest BCUT2D eigenvalue weighted by Gasteiger charge is 2.20. The lowest BCUT2D eigenvalue weighted by atomic mass is 10.3. The Hall–Kier alpha value is -2.45. The van der Waals surface area contributed by atoms with Gasteiger partial charge in [-0.2, -0.15) is 9.97 Å². The summed E-state index contributed by atoms with van der Waals surface area (Å²) in [6, 6.07) is 0.103. The molecule has 0 bridgehead atoms. The van der Waals surface area contributed by atoms with Crippen molar-refractivity contribution in [3.05, 3.63) is 0 Å². The number of amides is 1. The number of carbonyl (C=O) groups excluding carboxylic acids is 1. The maximum absolute atomic E-state index is 11.6. The van der Waals surface area contributed by atoms with Crippen LogP contribution in [0.1, 0.15) is 26.3 Å². The predicted octanol–water partition coefficient (Wildman–Crippen LogP) is 0.835. The van der Waals surface area contributed by atoms with E-state index in [1.54, 1.807) is 18.8 Å². The minimum Gasteiger partial charge on any atom is -0.388 e. The van der Waals surface area contributed by atoms with E-state index in [1.807, 2.05) is 13.8 Å². The molecular formula is C11H17N7O2. The highest BCUT2D eigenvalue weighted by molar-refractivity contribution is 5.80. The SMILES string of the molecule is CCC(C)n1nnc2c(OC(=O)N(C)C)nc(N)nc21. The van der Waals surface area contributed by atoms with Gasteiger partial charge in [-0.15, -0.1) is 5.10 Å². The first kappa shape index (κ1) is 14.0. The van der Waals surface area contributed by atoms with Crippen LogP contribution in [0.25, 0.3) is 11.2 Å². The van der Waals surface area contributed by atoms with E-state index in [0.717, 1.165) is 6.42 Å². The molecule has 0 aromatic carbocycles. The maximum Gasteiger partial charge on any atom is 0.416 e. The van der Waals surface area contributed by atoms with E-state index in [-0.39, 0.29) is 17.9 Å². The van der Waals surface area contributed by atoms with Crippen LogP contribution < -0.4 is 10.5 Å². The lowest BCUT2D eigenvalue weighted by molar-refractivity contribution is 0.170. The van der Waals surface area contributed by atoms with Gasteiger partial charge in [0.1, 0.15) is 0 Å². The molecule has 0 spiro atoms. The maximum atomic E-state index is 11.6. The number of nitrogens with zero attached hydrogens (tertiary/aromatic N) is 6. The number of ether oxygens (including phenoxy) is 1. The largest absolute Gasteiger partial charge is 0.416 e. The molecule has 2 N–H and O–H groups in total. The van der Waals surface area contributed by atoms with Crippen molar-refractivity contribution in [2.45, 2.75) is 26.3 Å². The van der Waals surface area contributed by atoms with Crippen molar-refractivity contribution in [3.63, 3.8) is 0 Å². The fourth-order valence-corrected chi connectivity index (χ4v) is 1.54. The predicted molar refractivity (Wildman–Crippen MR) is 72.2 cm³/mol. The fourth-order valence-electron chi connectivity index (χ4n) is 1.54. The Kier molecular flexibility index (Phi) is 3.68. The summed E-state index contributed by atoms with van der Waals surface area (Å²) in [5.74, 6) is 0.0201. The molecule has 1 unspecified atom stereocenters. The van der Waals surface area contributed by atoms with Crippen LogP contribution in [0.5, 0.6) is 5.88 Å². The Morgan fingerprint density at radius 3 is 2.75 bits per heavy atom. The molecule has 0 fully saturated rings. The third-order valence-electron chi connectivity index (χ3n) is 2.87. The molecule has 2 heterocycles. The van der Waals surface area contributed by atoms with Gasteiger partial charge in [0.25, 0.3) is 5.88 Å². The second-order valence-electron chi connectivity index (χ2n) is 4.61. The molecule has 1 atom stereocenters. The number of anilines is 1. The highest BCUT2D eigenvalue weighted by atomic mass is 16.6. The van der Waals surface area contributed by atoms with E-state index < -0.39 is 6.09 Å². The third-order valence-corrected chi connectivity index (χ3v) is 2.87. The molecule has 108 valence electrons. The quantitative estimate of drug-likeness (QED) is 0.885. The van der Waals surface area contributed by atoms with Gasteiger partial charge in [0.05, 0.1) is 6.04 Å². The van der Waals surface area contributed by atoms with E-state index in [9.17, 15) is 4.79 Å². The average Bonchev–Trinajstić information content (AvgIpc) is 2.81. The number of rotatable bonds is 3. The van der Waals surface area contributed by atoms with E-state index in [4.69, 9.17) is 10.5 Å². The normalized spacial score (nSPS) is 12.4. The third kappa shape index (κ3) is 2.46. The molecule has 2 aromatic heterocycles. The van der Waals surface area contributed by atoms with Gasteiger partial charge in [-0.1, -0.05) is 12.1 Å². The van der Waals surface area contributed by atoms with Crippen LogP contribution in [0.4, 0.5) is 10.7 Å². The summed E-state index contributed by atoms with van der Waals surface area (Å²) in [5, 5.41) is 8.00. The number of nitrogen functional groups attached to an aromatic ring is 1. The zero-order chi connectivity index (χ0) is 14.9. The minimum absolute atomic E-state index is 0.00547. The van der Waals surface area contributed by atoms with Crippen molar-refractivity contribution in [1.82, 2.24) is 29.9 Å². The molecule has 2 rings (SSSR count). The summed E-state index contributed by atoms with van der Waals surface area (Å²) < 4.78 is 6.78.